The van der Waals surface area contributed by atoms with Gasteiger partial charge in [-0.05, 0) is 38.1 Å². The number of piperazine rings is 1. The number of ether oxygens (including phenoxy) is 1. The van der Waals surface area contributed by atoms with E-state index >= 15 is 0 Å². The van der Waals surface area contributed by atoms with Crippen molar-refractivity contribution >= 4 is 23.2 Å². The first-order valence-corrected chi connectivity index (χ1v) is 11.4. The molecule has 7 nitrogen and oxygen atoms in total. The lowest BCUT2D eigenvalue weighted by molar-refractivity contribution is 0.107. The summed E-state index contributed by atoms with van der Waals surface area (Å²) in [6.07, 6.45) is 1.05. The Bertz CT molecular complexity index is 707. The zero-order valence-corrected chi connectivity index (χ0v) is 19.6. The molecule has 2 saturated heterocycles. The highest BCUT2D eigenvalue weighted by Gasteiger charge is 2.26. The molecule has 0 bridgehead atoms. The topological polar surface area (TPSA) is 55.4 Å². The predicted molar refractivity (Wildman–Crippen MR) is 126 cm³/mol. The summed E-state index contributed by atoms with van der Waals surface area (Å²) in [6, 6.07) is 6.60. The molecule has 0 aliphatic carbocycles. The number of benzene rings is 1. The molecule has 2 N–H and O–H groups in total. The molecule has 0 spiro atoms. The lowest BCUT2D eigenvalue weighted by Gasteiger charge is -2.37. The van der Waals surface area contributed by atoms with Gasteiger partial charge >= 0.3 is 0 Å². The minimum Gasteiger partial charge on any atom is -0.495 e. The molecule has 2 heterocycles. The van der Waals surface area contributed by atoms with Crippen LogP contribution in [0.3, 0.4) is 0 Å². The van der Waals surface area contributed by atoms with E-state index in [9.17, 15) is 0 Å². The van der Waals surface area contributed by atoms with E-state index in [2.05, 4.69) is 44.2 Å². The molecule has 0 saturated carbocycles. The van der Waals surface area contributed by atoms with Crippen LogP contribution in [-0.2, 0) is 0 Å². The van der Waals surface area contributed by atoms with Gasteiger partial charge in [0.15, 0.2) is 5.96 Å². The average molecular weight is 437 g/mol. The van der Waals surface area contributed by atoms with Crippen LogP contribution in [0.4, 0.5) is 5.69 Å². The molecule has 1 aromatic rings. The number of anilines is 1. The van der Waals surface area contributed by atoms with E-state index in [1.807, 2.05) is 25.2 Å². The van der Waals surface area contributed by atoms with E-state index in [4.69, 9.17) is 16.3 Å². The molecule has 168 valence electrons. The molecule has 3 rings (SSSR count). The van der Waals surface area contributed by atoms with Gasteiger partial charge in [-0.1, -0.05) is 18.5 Å². The molecule has 0 aromatic heterocycles. The molecule has 2 fully saturated rings. The second kappa shape index (κ2) is 11.1. The van der Waals surface area contributed by atoms with E-state index < -0.39 is 0 Å². The predicted octanol–water partition coefficient (Wildman–Crippen LogP) is 2.12. The van der Waals surface area contributed by atoms with Crippen molar-refractivity contribution < 1.29 is 4.74 Å². The standard InChI is InChI=1S/C22H37ClN6O/c1-5-27-10-12-28(13-11-27)17(2)15-25-22(24-3)26-19-8-9-29(16-19)20-14-18(23)6-7-21(20)30-4/h6-7,14,17,19H,5,8-13,15-16H2,1-4H3,(H2,24,25,26). The maximum absolute atomic E-state index is 6.21. The number of halogens is 1. The number of methoxy groups -OCH3 is 1. The zero-order valence-electron chi connectivity index (χ0n) is 18.8. The highest BCUT2D eigenvalue weighted by Crippen LogP contribution is 2.33. The number of guanidine groups is 1. The van der Waals surface area contributed by atoms with E-state index in [-0.39, 0.29) is 0 Å². The minimum absolute atomic E-state index is 0.336. The van der Waals surface area contributed by atoms with Crippen LogP contribution >= 0.6 is 11.6 Å². The Morgan fingerprint density at radius 1 is 1.27 bits per heavy atom. The van der Waals surface area contributed by atoms with Crippen molar-refractivity contribution in [1.82, 2.24) is 20.4 Å². The Balaban J connectivity index is 1.47. The third-order valence-corrected chi connectivity index (χ3v) is 6.51. The fourth-order valence-electron chi connectivity index (χ4n) is 4.29. The van der Waals surface area contributed by atoms with Crippen LogP contribution in [0.5, 0.6) is 5.75 Å². The number of rotatable bonds is 7. The first-order valence-electron chi connectivity index (χ1n) is 11.1. The Labute approximate surface area is 186 Å². The number of likely N-dealkylation sites (N-methyl/N-ethyl adjacent to an activating group) is 1. The van der Waals surface area contributed by atoms with Crippen LogP contribution < -0.4 is 20.3 Å². The summed E-state index contributed by atoms with van der Waals surface area (Å²) in [5.41, 5.74) is 1.05. The van der Waals surface area contributed by atoms with Gasteiger partial charge in [0.2, 0.25) is 0 Å². The lowest BCUT2D eigenvalue weighted by atomic mass is 10.2. The minimum atomic E-state index is 0.336. The molecule has 0 radical (unpaired) electrons. The van der Waals surface area contributed by atoms with Gasteiger partial charge in [0.25, 0.3) is 0 Å². The molecule has 2 aliphatic rings. The first-order chi connectivity index (χ1) is 14.5. The Morgan fingerprint density at radius 3 is 2.70 bits per heavy atom. The number of nitrogens with one attached hydrogen (secondary N) is 2. The van der Waals surface area contributed by atoms with Gasteiger partial charge in [-0.15, -0.1) is 0 Å². The second-order valence-corrected chi connectivity index (χ2v) is 8.60. The normalized spacial score (nSPS) is 22.2. The summed E-state index contributed by atoms with van der Waals surface area (Å²) < 4.78 is 5.52. The average Bonchev–Trinajstić information content (AvgIpc) is 3.24. The monoisotopic (exact) mass is 436 g/mol. The summed E-state index contributed by atoms with van der Waals surface area (Å²) in [5, 5.41) is 7.84. The van der Waals surface area contributed by atoms with Crippen molar-refractivity contribution in [3.05, 3.63) is 23.2 Å². The summed E-state index contributed by atoms with van der Waals surface area (Å²) >= 11 is 6.21. The third kappa shape index (κ3) is 5.93. The number of hydrogen-bond donors (Lipinski definition) is 2. The molecule has 30 heavy (non-hydrogen) atoms. The fraction of sp³-hybridized carbons (Fsp3) is 0.682. The SMILES string of the molecule is CCN1CCN(C(C)CNC(=NC)NC2CCN(c3cc(Cl)ccc3OC)C2)CC1. The highest BCUT2D eigenvalue weighted by molar-refractivity contribution is 6.30. The van der Waals surface area contributed by atoms with Crippen LogP contribution in [-0.4, -0.2) is 94.4 Å². The number of hydrogen-bond acceptors (Lipinski definition) is 5. The molecule has 0 amide bonds. The molecule has 2 aliphatic heterocycles. The summed E-state index contributed by atoms with van der Waals surface area (Å²) in [7, 11) is 3.54. The van der Waals surface area contributed by atoms with E-state index in [1.54, 1.807) is 7.11 Å². The smallest absolute Gasteiger partial charge is 0.191 e. The maximum Gasteiger partial charge on any atom is 0.191 e. The van der Waals surface area contributed by atoms with Crippen molar-refractivity contribution in [3.8, 4) is 5.75 Å². The zero-order chi connectivity index (χ0) is 21.5. The van der Waals surface area contributed by atoms with Crippen molar-refractivity contribution in [2.75, 3.05) is 71.4 Å². The first kappa shape index (κ1) is 23.0. The van der Waals surface area contributed by atoms with Crippen molar-refractivity contribution in [2.24, 2.45) is 4.99 Å². The van der Waals surface area contributed by atoms with Gasteiger partial charge in [-0.25, -0.2) is 0 Å². The van der Waals surface area contributed by atoms with Crippen molar-refractivity contribution in [1.29, 1.82) is 0 Å². The van der Waals surface area contributed by atoms with E-state index in [1.165, 1.54) is 13.1 Å². The fourth-order valence-corrected chi connectivity index (χ4v) is 4.46. The van der Waals surface area contributed by atoms with Crippen LogP contribution in [0.1, 0.15) is 20.3 Å². The van der Waals surface area contributed by atoms with Gasteiger partial charge in [0.05, 0.1) is 12.8 Å². The van der Waals surface area contributed by atoms with Crippen molar-refractivity contribution in [3.63, 3.8) is 0 Å². The maximum atomic E-state index is 6.21. The van der Waals surface area contributed by atoms with Gasteiger partial charge in [0, 0.05) is 70.0 Å². The lowest BCUT2D eigenvalue weighted by Crippen LogP contribution is -2.53. The largest absolute Gasteiger partial charge is 0.495 e. The van der Waals surface area contributed by atoms with Crippen LogP contribution in [0.2, 0.25) is 5.02 Å². The van der Waals surface area contributed by atoms with Crippen LogP contribution in [0.15, 0.2) is 23.2 Å². The Morgan fingerprint density at radius 2 is 2.03 bits per heavy atom. The number of aliphatic imine (C=N–C) groups is 1. The summed E-state index contributed by atoms with van der Waals surface area (Å²) in [6.45, 7) is 13.0. The Hall–Kier alpha value is -1.70. The van der Waals surface area contributed by atoms with Crippen molar-refractivity contribution in [2.45, 2.75) is 32.4 Å². The molecule has 8 heteroatoms. The molecule has 2 unspecified atom stereocenters. The Kier molecular flexibility index (Phi) is 8.48. The molecule has 1 aromatic carbocycles. The molecular formula is C22H37ClN6O. The van der Waals surface area contributed by atoms with Gasteiger partial charge in [0.1, 0.15) is 5.75 Å². The van der Waals surface area contributed by atoms with E-state index in [0.717, 1.165) is 68.1 Å². The quantitative estimate of drug-likeness (QED) is 0.504. The van der Waals surface area contributed by atoms with Crippen LogP contribution in [0, 0.1) is 0 Å². The number of nitrogens with zero attached hydrogens (tertiary/aromatic N) is 4. The third-order valence-electron chi connectivity index (χ3n) is 6.28. The molecule has 2 atom stereocenters. The van der Waals surface area contributed by atoms with Gasteiger partial charge in [-0.2, -0.15) is 0 Å². The van der Waals surface area contributed by atoms with E-state index in [0.29, 0.717) is 12.1 Å². The highest BCUT2D eigenvalue weighted by atomic mass is 35.5. The molecular weight excluding hydrogens is 400 g/mol. The second-order valence-electron chi connectivity index (χ2n) is 8.16. The van der Waals surface area contributed by atoms with Gasteiger partial charge < -0.3 is 25.2 Å². The summed E-state index contributed by atoms with van der Waals surface area (Å²) in [5.74, 6) is 1.73. The van der Waals surface area contributed by atoms with Gasteiger partial charge in [-0.3, -0.25) is 9.89 Å². The summed E-state index contributed by atoms with van der Waals surface area (Å²) in [4.78, 5) is 11.8. The van der Waals surface area contributed by atoms with Crippen LogP contribution in [0.25, 0.3) is 0 Å².